The molecule has 0 aliphatic carbocycles. The summed E-state index contributed by atoms with van der Waals surface area (Å²) in [6.45, 7) is 5.05. The van der Waals surface area contributed by atoms with E-state index in [2.05, 4.69) is 4.98 Å². The number of thioether (sulfide) groups is 1. The van der Waals surface area contributed by atoms with Crippen LogP contribution in [0.2, 0.25) is 0 Å². The van der Waals surface area contributed by atoms with Crippen LogP contribution in [0.3, 0.4) is 0 Å². The fraction of sp³-hybridized carbons (Fsp3) is 0.538. The molecule has 0 fully saturated rings. The second-order valence-electron chi connectivity index (χ2n) is 4.50. The molecule has 0 aromatic carbocycles. The predicted molar refractivity (Wildman–Crippen MR) is 76.8 cm³/mol. The van der Waals surface area contributed by atoms with Crippen LogP contribution in [0, 0.1) is 13.8 Å². The Kier molecular flexibility index (Phi) is 5.78. The summed E-state index contributed by atoms with van der Waals surface area (Å²) in [4.78, 5) is 14.9. The van der Waals surface area contributed by atoms with Gasteiger partial charge in [0, 0.05) is 23.9 Å². The minimum absolute atomic E-state index is 0.00297. The Morgan fingerprint density at radius 3 is 2.63 bits per heavy atom. The molecule has 106 valence electrons. The van der Waals surface area contributed by atoms with E-state index in [0.29, 0.717) is 29.2 Å². The van der Waals surface area contributed by atoms with Crippen molar-refractivity contribution in [2.45, 2.75) is 39.4 Å². The Morgan fingerprint density at radius 2 is 2.11 bits per heavy atom. The van der Waals surface area contributed by atoms with E-state index in [4.69, 9.17) is 5.73 Å². The lowest BCUT2D eigenvalue weighted by Crippen LogP contribution is -2.21. The summed E-state index contributed by atoms with van der Waals surface area (Å²) in [6.07, 6.45) is -1.59. The van der Waals surface area contributed by atoms with Gasteiger partial charge < -0.3 is 15.9 Å². The van der Waals surface area contributed by atoms with Gasteiger partial charge >= 0.3 is 0 Å². The molecule has 0 aliphatic heterocycles. The molecule has 1 rings (SSSR count). The number of anilines is 1. The van der Waals surface area contributed by atoms with Crippen molar-refractivity contribution < 1.29 is 15.0 Å². The molecule has 19 heavy (non-hydrogen) atoms. The molecule has 0 amide bonds. The molecule has 1 aromatic rings. The van der Waals surface area contributed by atoms with Crippen LogP contribution in [0.1, 0.15) is 36.3 Å². The van der Waals surface area contributed by atoms with Crippen LogP contribution in [0.4, 0.5) is 5.82 Å². The number of nitrogens with two attached hydrogens (primary N) is 1. The molecular formula is C13H20N2O3S. The van der Waals surface area contributed by atoms with Crippen molar-refractivity contribution in [2.75, 3.05) is 11.5 Å². The van der Waals surface area contributed by atoms with Crippen molar-refractivity contribution >= 4 is 22.7 Å². The lowest BCUT2D eigenvalue weighted by Gasteiger charge is -2.21. The SMILES string of the molecule is CC(=O)SCCC(O)C(O)c1c(C)cc(N)nc1C. The number of hydrogen-bond donors (Lipinski definition) is 3. The molecule has 0 saturated carbocycles. The number of aliphatic hydroxyl groups excluding tert-OH is 2. The Labute approximate surface area is 117 Å². The molecule has 6 heteroatoms. The molecular weight excluding hydrogens is 264 g/mol. The summed E-state index contributed by atoms with van der Waals surface area (Å²) < 4.78 is 0. The summed E-state index contributed by atoms with van der Waals surface area (Å²) in [7, 11) is 0. The van der Waals surface area contributed by atoms with Gasteiger partial charge in [-0.25, -0.2) is 4.98 Å². The number of pyridine rings is 1. The third kappa shape index (κ3) is 4.49. The predicted octanol–water partition coefficient (Wildman–Crippen LogP) is 1.34. The average molecular weight is 284 g/mol. The molecule has 0 spiro atoms. The summed E-state index contributed by atoms with van der Waals surface area (Å²) in [5, 5.41) is 20.2. The Morgan fingerprint density at radius 1 is 1.47 bits per heavy atom. The summed E-state index contributed by atoms with van der Waals surface area (Å²) in [6, 6.07) is 1.67. The van der Waals surface area contributed by atoms with Gasteiger partial charge in [-0.05, 0) is 31.9 Å². The van der Waals surface area contributed by atoms with Gasteiger partial charge in [0.05, 0.1) is 6.10 Å². The zero-order chi connectivity index (χ0) is 14.6. The first-order valence-corrected chi connectivity index (χ1v) is 7.04. The zero-order valence-electron chi connectivity index (χ0n) is 11.4. The van der Waals surface area contributed by atoms with Crippen LogP contribution in [0.5, 0.6) is 0 Å². The third-order valence-electron chi connectivity index (χ3n) is 2.85. The number of nitrogens with zero attached hydrogens (tertiary/aromatic N) is 1. The van der Waals surface area contributed by atoms with Gasteiger partial charge in [-0.3, -0.25) is 4.79 Å². The number of carbonyl (C=O) groups is 1. The van der Waals surface area contributed by atoms with Crippen molar-refractivity contribution in [3.8, 4) is 0 Å². The van der Waals surface area contributed by atoms with E-state index in [9.17, 15) is 15.0 Å². The highest BCUT2D eigenvalue weighted by atomic mass is 32.2. The lowest BCUT2D eigenvalue weighted by molar-refractivity contribution is -0.109. The molecule has 1 aromatic heterocycles. The van der Waals surface area contributed by atoms with E-state index < -0.39 is 12.2 Å². The number of aryl methyl sites for hydroxylation is 2. The van der Waals surface area contributed by atoms with E-state index >= 15 is 0 Å². The quantitative estimate of drug-likeness (QED) is 0.755. The first-order chi connectivity index (χ1) is 8.82. The van der Waals surface area contributed by atoms with E-state index in [1.54, 1.807) is 13.0 Å². The fourth-order valence-electron chi connectivity index (χ4n) is 1.99. The Bertz CT molecular complexity index is 442. The molecule has 2 atom stereocenters. The van der Waals surface area contributed by atoms with Gasteiger partial charge in [0.15, 0.2) is 5.12 Å². The Balaban J connectivity index is 2.76. The molecule has 1 heterocycles. The monoisotopic (exact) mass is 284 g/mol. The van der Waals surface area contributed by atoms with E-state index in [1.807, 2.05) is 6.92 Å². The van der Waals surface area contributed by atoms with Gasteiger partial charge in [-0.15, -0.1) is 0 Å². The fourth-order valence-corrected chi connectivity index (χ4v) is 2.64. The molecule has 2 unspecified atom stereocenters. The van der Waals surface area contributed by atoms with Crippen molar-refractivity contribution in [3.05, 3.63) is 22.9 Å². The normalized spacial score (nSPS) is 14.2. The highest BCUT2D eigenvalue weighted by molar-refractivity contribution is 8.13. The smallest absolute Gasteiger partial charge is 0.185 e. The molecule has 0 radical (unpaired) electrons. The molecule has 0 aliphatic rings. The van der Waals surface area contributed by atoms with Gasteiger partial charge in [-0.2, -0.15) is 0 Å². The molecule has 0 saturated heterocycles. The number of carbonyl (C=O) groups excluding carboxylic acids is 1. The van der Waals surface area contributed by atoms with Crippen LogP contribution in [0.15, 0.2) is 6.07 Å². The minimum atomic E-state index is -1.01. The number of rotatable bonds is 5. The van der Waals surface area contributed by atoms with Crippen LogP contribution < -0.4 is 5.73 Å². The van der Waals surface area contributed by atoms with Gasteiger partial charge in [0.2, 0.25) is 0 Å². The summed E-state index contributed by atoms with van der Waals surface area (Å²) in [5.74, 6) is 0.876. The maximum atomic E-state index is 10.8. The first kappa shape index (κ1) is 15.9. The maximum absolute atomic E-state index is 10.8. The largest absolute Gasteiger partial charge is 0.390 e. The van der Waals surface area contributed by atoms with Crippen molar-refractivity contribution in [2.24, 2.45) is 0 Å². The van der Waals surface area contributed by atoms with Crippen LogP contribution in [-0.4, -0.2) is 32.2 Å². The van der Waals surface area contributed by atoms with Crippen LogP contribution >= 0.6 is 11.8 Å². The second kappa shape index (κ2) is 6.88. The average Bonchev–Trinajstić information content (AvgIpc) is 2.26. The second-order valence-corrected chi connectivity index (χ2v) is 5.78. The molecule has 0 bridgehead atoms. The van der Waals surface area contributed by atoms with Gasteiger partial charge in [0.25, 0.3) is 0 Å². The number of nitrogen functional groups attached to an aromatic ring is 1. The highest BCUT2D eigenvalue weighted by Crippen LogP contribution is 2.26. The van der Waals surface area contributed by atoms with Crippen LogP contribution in [-0.2, 0) is 4.79 Å². The molecule has 4 N–H and O–H groups in total. The maximum Gasteiger partial charge on any atom is 0.185 e. The zero-order valence-corrected chi connectivity index (χ0v) is 12.2. The first-order valence-electron chi connectivity index (χ1n) is 6.06. The van der Waals surface area contributed by atoms with Gasteiger partial charge in [0.1, 0.15) is 11.9 Å². The van der Waals surface area contributed by atoms with Crippen molar-refractivity contribution in [1.82, 2.24) is 4.98 Å². The van der Waals surface area contributed by atoms with Crippen LogP contribution in [0.25, 0.3) is 0 Å². The number of aliphatic hydroxyl groups is 2. The Hall–Kier alpha value is -1.11. The van der Waals surface area contributed by atoms with E-state index in [-0.39, 0.29) is 5.12 Å². The van der Waals surface area contributed by atoms with Crippen molar-refractivity contribution in [3.63, 3.8) is 0 Å². The standard InChI is InChI=1S/C13H20N2O3S/c1-7-6-11(14)15-8(2)12(7)13(18)10(17)4-5-19-9(3)16/h6,10,13,17-18H,4-5H2,1-3H3,(H2,14,15). The third-order valence-corrected chi connectivity index (χ3v) is 3.70. The summed E-state index contributed by atoms with van der Waals surface area (Å²) >= 11 is 1.14. The van der Waals surface area contributed by atoms with Gasteiger partial charge in [-0.1, -0.05) is 11.8 Å². The lowest BCUT2D eigenvalue weighted by atomic mass is 9.97. The van der Waals surface area contributed by atoms with E-state index in [1.165, 1.54) is 6.92 Å². The topological polar surface area (TPSA) is 96.4 Å². The number of aromatic nitrogens is 1. The minimum Gasteiger partial charge on any atom is -0.390 e. The van der Waals surface area contributed by atoms with Crippen molar-refractivity contribution in [1.29, 1.82) is 0 Å². The highest BCUT2D eigenvalue weighted by Gasteiger charge is 2.22. The van der Waals surface area contributed by atoms with E-state index in [0.717, 1.165) is 17.3 Å². The molecule has 5 nitrogen and oxygen atoms in total. The summed E-state index contributed by atoms with van der Waals surface area (Å²) in [5.41, 5.74) is 7.64. The number of hydrogen-bond acceptors (Lipinski definition) is 6.